The van der Waals surface area contributed by atoms with Gasteiger partial charge < -0.3 is 5.43 Å². The van der Waals surface area contributed by atoms with E-state index >= 15 is 0 Å². The Bertz CT molecular complexity index is 97.7. The molecule has 0 spiro atoms. The molecule has 2 nitrogen and oxygen atoms in total. The molecule has 0 aromatic heterocycles. The van der Waals surface area contributed by atoms with Gasteiger partial charge in [0.1, 0.15) is 0 Å². The van der Waals surface area contributed by atoms with Crippen molar-refractivity contribution in [2.75, 3.05) is 0 Å². The lowest BCUT2D eigenvalue weighted by Crippen LogP contribution is -2.20. The van der Waals surface area contributed by atoms with Crippen LogP contribution in [0.2, 0.25) is 0 Å². The third-order valence-electron chi connectivity index (χ3n) is 0.390. The summed E-state index contributed by atoms with van der Waals surface area (Å²) < 4.78 is 0. The van der Waals surface area contributed by atoms with Crippen LogP contribution in [0.15, 0.2) is 5.41 Å². The summed E-state index contributed by atoms with van der Waals surface area (Å²) in [5.74, 6) is 0. The van der Waals surface area contributed by atoms with Crippen molar-refractivity contribution in [2.24, 2.45) is 0 Å². The van der Waals surface area contributed by atoms with Crippen molar-refractivity contribution >= 4 is 20.8 Å². The summed E-state index contributed by atoms with van der Waals surface area (Å²) in [4.78, 5) is 2.75. The van der Waals surface area contributed by atoms with E-state index in [2.05, 4.69) is 16.5 Å². The van der Waals surface area contributed by atoms with Gasteiger partial charge in [0.2, 0.25) is 0 Å². The van der Waals surface area contributed by atoms with Crippen molar-refractivity contribution in [2.45, 2.75) is 0 Å². The SMILES string of the molecule is S=S1C=[C]NN1. The molecular formula is C2H3N2S2. The molecule has 1 unspecified atom stereocenters. The van der Waals surface area contributed by atoms with E-state index in [9.17, 15) is 0 Å². The van der Waals surface area contributed by atoms with Crippen LogP contribution in [0.5, 0.6) is 0 Å². The molecule has 1 aliphatic rings. The van der Waals surface area contributed by atoms with E-state index in [1.165, 1.54) is 0 Å². The van der Waals surface area contributed by atoms with Gasteiger partial charge in [0, 0.05) is 5.41 Å². The molecule has 1 heterocycles. The molecule has 33 valence electrons. The van der Waals surface area contributed by atoms with Gasteiger partial charge >= 0.3 is 0 Å². The van der Waals surface area contributed by atoms with E-state index in [1.54, 1.807) is 5.41 Å². The Morgan fingerprint density at radius 2 is 2.67 bits per heavy atom. The summed E-state index contributed by atoms with van der Waals surface area (Å²) >= 11 is 4.74. The van der Waals surface area contributed by atoms with Gasteiger partial charge in [0.15, 0.2) is 0 Å². The first-order valence-corrected chi connectivity index (χ1v) is 3.61. The van der Waals surface area contributed by atoms with Gasteiger partial charge in [0.25, 0.3) is 0 Å². The Hall–Kier alpha value is 0.0700. The van der Waals surface area contributed by atoms with E-state index in [-0.39, 0.29) is 9.64 Å². The monoisotopic (exact) mass is 119 g/mol. The summed E-state index contributed by atoms with van der Waals surface area (Å²) in [6, 6.07) is 0. The second-order valence-electron chi connectivity index (χ2n) is 0.787. The maximum atomic E-state index is 4.74. The first kappa shape index (κ1) is 4.23. The fourth-order valence-corrected chi connectivity index (χ4v) is 0.846. The van der Waals surface area contributed by atoms with Crippen LogP contribution in [-0.4, -0.2) is 0 Å². The summed E-state index contributed by atoms with van der Waals surface area (Å²) in [5, 5.41) is 1.77. The van der Waals surface area contributed by atoms with E-state index in [0.717, 1.165) is 0 Å². The molecule has 0 bridgehead atoms. The summed E-state index contributed by atoms with van der Waals surface area (Å²) in [5.41, 5.74) is 2.62. The van der Waals surface area contributed by atoms with E-state index < -0.39 is 0 Å². The molecule has 0 saturated heterocycles. The predicted molar refractivity (Wildman–Crippen MR) is 28.8 cm³/mol. The van der Waals surface area contributed by atoms with Crippen molar-refractivity contribution in [3.8, 4) is 0 Å². The van der Waals surface area contributed by atoms with E-state index in [0.29, 0.717) is 0 Å². The zero-order valence-electron chi connectivity index (χ0n) is 2.89. The van der Waals surface area contributed by atoms with Crippen LogP contribution >= 0.6 is 0 Å². The van der Waals surface area contributed by atoms with Gasteiger partial charge in [-0.05, 0) is 20.8 Å². The van der Waals surface area contributed by atoms with Gasteiger partial charge in [-0.15, -0.1) is 0 Å². The lowest BCUT2D eigenvalue weighted by molar-refractivity contribution is 0.870. The standard InChI is InChI=1S/C2H3N2S2/c5-6-2-1-3-4-6/h2-4H. The minimum atomic E-state index is -0.187. The molecule has 0 fully saturated rings. The van der Waals surface area contributed by atoms with Gasteiger partial charge in [-0.3, -0.25) is 0 Å². The van der Waals surface area contributed by atoms with Crippen LogP contribution in [-0.2, 0) is 20.8 Å². The minimum absolute atomic E-state index is 0.187. The number of rotatable bonds is 0. The van der Waals surface area contributed by atoms with Crippen LogP contribution in [0.3, 0.4) is 0 Å². The summed E-state index contributed by atoms with van der Waals surface area (Å²) in [6.45, 7) is 0. The molecule has 6 heavy (non-hydrogen) atoms. The van der Waals surface area contributed by atoms with Gasteiger partial charge in [0.05, 0.1) is 6.20 Å². The number of hydrazine groups is 1. The molecule has 1 aliphatic heterocycles. The van der Waals surface area contributed by atoms with Crippen LogP contribution in [0.25, 0.3) is 0 Å². The fourth-order valence-electron chi connectivity index (χ4n) is 0.192. The normalized spacial score (nSPS) is 30.3. The smallest absolute Gasteiger partial charge is 0.0827 e. The fraction of sp³-hybridized carbons (Fsp3) is 0. The second-order valence-corrected chi connectivity index (χ2v) is 2.90. The summed E-state index contributed by atoms with van der Waals surface area (Å²) in [7, 11) is -0.187. The molecule has 0 saturated carbocycles. The van der Waals surface area contributed by atoms with Crippen molar-refractivity contribution in [1.82, 2.24) is 10.3 Å². The molecule has 0 aromatic rings. The average Bonchev–Trinajstić information content (AvgIpc) is 1.86. The first-order chi connectivity index (χ1) is 2.89. The average molecular weight is 119 g/mol. The molecule has 0 aromatic carbocycles. The Morgan fingerprint density at radius 1 is 1.83 bits per heavy atom. The summed E-state index contributed by atoms with van der Waals surface area (Å²) in [6.07, 6.45) is 2.69. The molecule has 1 atom stereocenters. The number of nitrogens with one attached hydrogen (secondary N) is 2. The Morgan fingerprint density at radius 3 is 2.83 bits per heavy atom. The van der Waals surface area contributed by atoms with Crippen LogP contribution < -0.4 is 10.3 Å². The zero-order valence-corrected chi connectivity index (χ0v) is 4.53. The highest BCUT2D eigenvalue weighted by molar-refractivity contribution is 8.29. The highest BCUT2D eigenvalue weighted by Gasteiger charge is 1.88. The molecule has 1 rings (SSSR count). The van der Waals surface area contributed by atoms with E-state index in [1.807, 2.05) is 0 Å². The molecule has 4 heteroatoms. The largest absolute Gasteiger partial charge is 0.309 e. The maximum Gasteiger partial charge on any atom is 0.0827 e. The third kappa shape index (κ3) is 0.767. The predicted octanol–water partition coefficient (Wildman–Crippen LogP) is -0.636. The first-order valence-electron chi connectivity index (χ1n) is 1.40. The number of hydrogen-bond donors (Lipinski definition) is 2. The van der Waals surface area contributed by atoms with Gasteiger partial charge in [-0.1, -0.05) is 0 Å². The second kappa shape index (κ2) is 1.68. The van der Waals surface area contributed by atoms with Crippen molar-refractivity contribution in [3.63, 3.8) is 0 Å². The lowest BCUT2D eigenvalue weighted by Gasteiger charge is -1.86. The van der Waals surface area contributed by atoms with Crippen molar-refractivity contribution in [1.29, 1.82) is 0 Å². The van der Waals surface area contributed by atoms with Crippen LogP contribution in [0, 0.1) is 6.20 Å². The highest BCUT2D eigenvalue weighted by Crippen LogP contribution is 1.79. The lowest BCUT2D eigenvalue weighted by atomic mass is 11.1. The third-order valence-corrected chi connectivity index (χ3v) is 1.56. The van der Waals surface area contributed by atoms with Gasteiger partial charge in [-0.25, -0.2) is 0 Å². The molecule has 0 amide bonds. The van der Waals surface area contributed by atoms with Crippen molar-refractivity contribution in [3.05, 3.63) is 11.6 Å². The van der Waals surface area contributed by atoms with E-state index in [4.69, 9.17) is 11.2 Å². The Kier molecular flexibility index (Phi) is 1.19. The highest BCUT2D eigenvalue weighted by atomic mass is 32.8. The topological polar surface area (TPSA) is 24.1 Å². The zero-order chi connectivity index (χ0) is 4.41. The molecule has 2 N–H and O–H groups in total. The quantitative estimate of drug-likeness (QED) is 0.444. The van der Waals surface area contributed by atoms with Gasteiger partial charge in [-0.2, -0.15) is 4.83 Å². The number of hydrogen-bond acceptors (Lipinski definition) is 2. The minimum Gasteiger partial charge on any atom is -0.309 e. The van der Waals surface area contributed by atoms with Crippen molar-refractivity contribution < 1.29 is 0 Å². The van der Waals surface area contributed by atoms with Crippen LogP contribution in [0.4, 0.5) is 0 Å². The molecule has 0 aliphatic carbocycles. The van der Waals surface area contributed by atoms with Crippen LogP contribution in [0.1, 0.15) is 0 Å². The Labute approximate surface area is 43.3 Å². The maximum absolute atomic E-state index is 4.74. The Balaban J connectivity index is 2.59. The molecule has 1 radical (unpaired) electrons. The molecular weight excluding hydrogens is 116 g/mol.